The van der Waals surface area contributed by atoms with Crippen molar-refractivity contribution in [2.45, 2.75) is 44.4 Å². The summed E-state index contributed by atoms with van der Waals surface area (Å²) in [6.07, 6.45) is 11.4. The summed E-state index contributed by atoms with van der Waals surface area (Å²) in [5, 5.41) is 0. The maximum absolute atomic E-state index is 12.6. The molecule has 1 saturated carbocycles. The Hall–Kier alpha value is -2.46. The maximum atomic E-state index is 12.6. The summed E-state index contributed by atoms with van der Waals surface area (Å²) in [5.74, 6) is 0.239. The van der Waals surface area contributed by atoms with Gasteiger partial charge in [0.25, 0.3) is 0 Å². The number of methoxy groups -OCH3 is 1. The highest BCUT2D eigenvalue weighted by atomic mass is 32.1. The fourth-order valence-electron chi connectivity index (χ4n) is 4.15. The number of benzene rings is 1. The van der Waals surface area contributed by atoms with Gasteiger partial charge in [-0.3, -0.25) is 4.98 Å². The molecular formula is C24H25NO2S. The second kappa shape index (κ2) is 8.70. The standard InChI is InChI=1S/C24H25NO2S/c1-27-24(26)23-20(15-22(28-23)18-11-7-4-8-12-18)19-13-14-25-16-21(19)17-9-5-2-3-6-10-17/h4,7-8,11-17H,2-3,5-6,9-10H2,1H3. The zero-order valence-corrected chi connectivity index (χ0v) is 17.0. The summed E-state index contributed by atoms with van der Waals surface area (Å²) in [6, 6.07) is 14.4. The minimum absolute atomic E-state index is 0.272. The summed E-state index contributed by atoms with van der Waals surface area (Å²) in [5.41, 5.74) is 4.49. The number of hydrogen-bond acceptors (Lipinski definition) is 4. The van der Waals surface area contributed by atoms with Crippen LogP contribution in [0.5, 0.6) is 0 Å². The van der Waals surface area contributed by atoms with Crippen LogP contribution in [0.3, 0.4) is 0 Å². The quantitative estimate of drug-likeness (QED) is 0.367. The largest absolute Gasteiger partial charge is 0.465 e. The summed E-state index contributed by atoms with van der Waals surface area (Å²) in [7, 11) is 1.45. The molecule has 28 heavy (non-hydrogen) atoms. The number of esters is 1. The molecule has 0 N–H and O–H groups in total. The summed E-state index contributed by atoms with van der Waals surface area (Å²) < 4.78 is 5.11. The third kappa shape index (κ3) is 3.88. The number of aromatic nitrogens is 1. The Labute approximate surface area is 170 Å². The monoisotopic (exact) mass is 391 g/mol. The van der Waals surface area contributed by atoms with E-state index in [9.17, 15) is 4.79 Å². The Balaban J connectivity index is 1.82. The van der Waals surface area contributed by atoms with Crippen LogP contribution in [0.25, 0.3) is 21.6 Å². The van der Waals surface area contributed by atoms with Gasteiger partial charge in [-0.1, -0.05) is 56.0 Å². The van der Waals surface area contributed by atoms with Crippen molar-refractivity contribution >= 4 is 17.3 Å². The third-order valence-corrected chi connectivity index (χ3v) is 6.76. The molecule has 4 rings (SSSR count). The Morgan fingerprint density at radius 2 is 1.79 bits per heavy atom. The van der Waals surface area contributed by atoms with Crippen LogP contribution in [-0.4, -0.2) is 18.1 Å². The fraction of sp³-hybridized carbons (Fsp3) is 0.333. The number of hydrogen-bond donors (Lipinski definition) is 0. The molecule has 0 unspecified atom stereocenters. The smallest absolute Gasteiger partial charge is 0.348 e. The Kier molecular flexibility index (Phi) is 5.87. The fourth-order valence-corrected chi connectivity index (χ4v) is 5.24. The normalized spacial score (nSPS) is 15.2. The van der Waals surface area contributed by atoms with Gasteiger partial charge in [0, 0.05) is 22.8 Å². The molecule has 4 heteroatoms. The first-order valence-electron chi connectivity index (χ1n) is 10.00. The van der Waals surface area contributed by atoms with Crippen LogP contribution in [0.1, 0.15) is 59.7 Å². The van der Waals surface area contributed by atoms with E-state index in [0.29, 0.717) is 10.8 Å². The zero-order chi connectivity index (χ0) is 19.3. The molecule has 0 atom stereocenters. The van der Waals surface area contributed by atoms with Crippen molar-refractivity contribution in [3.63, 3.8) is 0 Å². The van der Waals surface area contributed by atoms with E-state index in [1.165, 1.54) is 62.5 Å². The number of carbonyl (C=O) groups excluding carboxylic acids is 1. The second-order valence-electron chi connectivity index (χ2n) is 7.36. The van der Waals surface area contributed by atoms with E-state index < -0.39 is 0 Å². The first-order chi connectivity index (χ1) is 13.8. The van der Waals surface area contributed by atoms with E-state index in [0.717, 1.165) is 21.6 Å². The molecule has 144 valence electrons. The van der Waals surface area contributed by atoms with Gasteiger partial charge in [-0.15, -0.1) is 11.3 Å². The highest BCUT2D eigenvalue weighted by Gasteiger charge is 2.24. The van der Waals surface area contributed by atoms with Crippen LogP contribution in [0.4, 0.5) is 0 Å². The lowest BCUT2D eigenvalue weighted by atomic mass is 9.87. The van der Waals surface area contributed by atoms with Crippen molar-refractivity contribution in [1.29, 1.82) is 0 Å². The molecule has 2 aromatic heterocycles. The summed E-state index contributed by atoms with van der Waals surface area (Å²) >= 11 is 1.50. The van der Waals surface area contributed by atoms with Gasteiger partial charge in [0.05, 0.1) is 7.11 Å². The van der Waals surface area contributed by atoms with E-state index in [1.807, 2.05) is 30.6 Å². The first kappa shape index (κ1) is 18.9. The third-order valence-electron chi connectivity index (χ3n) is 5.60. The molecule has 0 aliphatic heterocycles. The summed E-state index contributed by atoms with van der Waals surface area (Å²) in [4.78, 5) is 18.7. The SMILES string of the molecule is COC(=O)c1sc(-c2ccccc2)cc1-c1ccncc1C1CCCCCC1. The van der Waals surface area contributed by atoms with Crippen LogP contribution < -0.4 is 0 Å². The van der Waals surface area contributed by atoms with Gasteiger partial charge in [-0.2, -0.15) is 0 Å². The Morgan fingerprint density at radius 1 is 1.04 bits per heavy atom. The number of thiophene rings is 1. The molecule has 1 aromatic carbocycles. The molecule has 0 radical (unpaired) electrons. The molecule has 1 aliphatic carbocycles. The average molecular weight is 392 g/mol. The molecule has 3 aromatic rings. The zero-order valence-electron chi connectivity index (χ0n) is 16.2. The van der Waals surface area contributed by atoms with E-state index in [-0.39, 0.29) is 5.97 Å². The molecule has 1 aliphatic rings. The molecular weight excluding hydrogens is 366 g/mol. The predicted octanol–water partition coefficient (Wildman–Crippen LogP) is 6.70. The van der Waals surface area contributed by atoms with Crippen molar-refractivity contribution in [3.05, 3.63) is 65.3 Å². The van der Waals surface area contributed by atoms with E-state index in [2.05, 4.69) is 29.2 Å². The van der Waals surface area contributed by atoms with E-state index in [4.69, 9.17) is 4.74 Å². The van der Waals surface area contributed by atoms with Gasteiger partial charge < -0.3 is 4.74 Å². The topological polar surface area (TPSA) is 39.2 Å². The lowest BCUT2D eigenvalue weighted by molar-refractivity contribution is 0.0607. The number of carbonyl (C=O) groups is 1. The lowest BCUT2D eigenvalue weighted by Crippen LogP contribution is -2.04. The van der Waals surface area contributed by atoms with Crippen molar-refractivity contribution in [1.82, 2.24) is 4.98 Å². The first-order valence-corrected chi connectivity index (χ1v) is 10.8. The van der Waals surface area contributed by atoms with Gasteiger partial charge in [-0.05, 0) is 47.6 Å². The Morgan fingerprint density at radius 3 is 2.50 bits per heavy atom. The molecule has 0 amide bonds. The van der Waals surface area contributed by atoms with Crippen LogP contribution >= 0.6 is 11.3 Å². The van der Waals surface area contributed by atoms with Gasteiger partial charge in [-0.25, -0.2) is 4.79 Å². The van der Waals surface area contributed by atoms with Gasteiger partial charge in [0.2, 0.25) is 0 Å². The van der Waals surface area contributed by atoms with E-state index in [1.54, 1.807) is 0 Å². The number of pyridine rings is 1. The molecule has 0 spiro atoms. The van der Waals surface area contributed by atoms with Gasteiger partial charge in [0.15, 0.2) is 0 Å². The highest BCUT2D eigenvalue weighted by Crippen LogP contribution is 2.42. The molecule has 3 nitrogen and oxygen atoms in total. The summed E-state index contributed by atoms with van der Waals surface area (Å²) in [6.45, 7) is 0. The molecule has 0 bridgehead atoms. The second-order valence-corrected chi connectivity index (χ2v) is 8.41. The van der Waals surface area contributed by atoms with Crippen LogP contribution in [0, 0.1) is 0 Å². The maximum Gasteiger partial charge on any atom is 0.348 e. The number of ether oxygens (including phenoxy) is 1. The van der Waals surface area contributed by atoms with E-state index >= 15 is 0 Å². The highest BCUT2D eigenvalue weighted by molar-refractivity contribution is 7.17. The van der Waals surface area contributed by atoms with Crippen LogP contribution in [0.15, 0.2) is 54.9 Å². The van der Waals surface area contributed by atoms with Crippen molar-refractivity contribution in [2.75, 3.05) is 7.11 Å². The van der Waals surface area contributed by atoms with Gasteiger partial charge >= 0.3 is 5.97 Å². The van der Waals surface area contributed by atoms with Crippen molar-refractivity contribution in [2.24, 2.45) is 0 Å². The van der Waals surface area contributed by atoms with Crippen molar-refractivity contribution in [3.8, 4) is 21.6 Å². The number of rotatable bonds is 4. The number of nitrogens with zero attached hydrogens (tertiary/aromatic N) is 1. The predicted molar refractivity (Wildman–Crippen MR) is 115 cm³/mol. The van der Waals surface area contributed by atoms with Crippen LogP contribution in [-0.2, 0) is 4.74 Å². The Bertz CT molecular complexity index is 940. The van der Waals surface area contributed by atoms with Crippen LogP contribution in [0.2, 0.25) is 0 Å². The van der Waals surface area contributed by atoms with Gasteiger partial charge in [0.1, 0.15) is 4.88 Å². The average Bonchev–Trinajstić information content (AvgIpc) is 3.02. The molecule has 1 fully saturated rings. The minimum atomic E-state index is -0.272. The minimum Gasteiger partial charge on any atom is -0.465 e. The molecule has 2 heterocycles. The lowest BCUT2D eigenvalue weighted by Gasteiger charge is -2.18. The van der Waals surface area contributed by atoms with Crippen molar-refractivity contribution < 1.29 is 9.53 Å². The molecule has 0 saturated heterocycles.